The molecular weight excluding hydrogens is 240 g/mol. The Labute approximate surface area is 104 Å². The molecule has 0 aromatic carbocycles. The molecule has 1 aromatic heterocycles. The van der Waals surface area contributed by atoms with Crippen molar-refractivity contribution in [3.05, 3.63) is 22.1 Å². The quantitative estimate of drug-likeness (QED) is 0.735. The molecule has 1 fully saturated rings. The molecule has 0 amide bonds. The normalized spacial score (nSPS) is 27.4. The highest BCUT2D eigenvalue weighted by atomic mass is 16.5. The van der Waals surface area contributed by atoms with Gasteiger partial charge in [-0.3, -0.25) is 9.36 Å². The van der Waals surface area contributed by atoms with E-state index in [-0.39, 0.29) is 18.2 Å². The van der Waals surface area contributed by atoms with Crippen molar-refractivity contribution >= 4 is 0 Å². The lowest BCUT2D eigenvalue weighted by Gasteiger charge is -2.18. The van der Waals surface area contributed by atoms with Gasteiger partial charge >= 0.3 is 6.01 Å². The third-order valence-corrected chi connectivity index (χ3v) is 2.97. The minimum Gasteiger partial charge on any atom is -0.468 e. The molecule has 18 heavy (non-hydrogen) atoms. The van der Waals surface area contributed by atoms with Crippen molar-refractivity contribution in [1.82, 2.24) is 9.55 Å². The maximum Gasteiger partial charge on any atom is 0.301 e. The molecule has 0 radical (unpaired) electrons. The number of aromatic nitrogens is 2. The number of aryl methyl sites for hydroxylation is 1. The Hall–Kier alpha value is -1.44. The number of methoxy groups -OCH3 is 1. The first-order chi connectivity index (χ1) is 8.56. The number of aliphatic hydroxyl groups excluding tert-OH is 2. The molecule has 2 rings (SSSR count). The van der Waals surface area contributed by atoms with Crippen molar-refractivity contribution in [2.45, 2.75) is 31.8 Å². The maximum absolute atomic E-state index is 11.4. The predicted octanol–water partition coefficient (Wildman–Crippen LogP) is -0.799. The molecule has 7 heteroatoms. The van der Waals surface area contributed by atoms with Gasteiger partial charge < -0.3 is 19.7 Å². The molecule has 7 nitrogen and oxygen atoms in total. The van der Waals surface area contributed by atoms with E-state index in [1.54, 1.807) is 17.7 Å². The van der Waals surface area contributed by atoms with Gasteiger partial charge in [-0.25, -0.2) is 0 Å². The van der Waals surface area contributed by atoms with Gasteiger partial charge in [-0.05, 0) is 6.92 Å². The summed E-state index contributed by atoms with van der Waals surface area (Å²) in [4.78, 5) is 15.2. The molecule has 3 atom stereocenters. The summed E-state index contributed by atoms with van der Waals surface area (Å²) in [5.74, 6) is 0. The molecule has 1 saturated heterocycles. The van der Waals surface area contributed by atoms with Crippen molar-refractivity contribution in [2.24, 2.45) is 0 Å². The molecule has 1 aliphatic heterocycles. The lowest BCUT2D eigenvalue weighted by atomic mass is 10.2. The predicted molar refractivity (Wildman–Crippen MR) is 61.4 cm³/mol. The van der Waals surface area contributed by atoms with Crippen LogP contribution < -0.4 is 10.3 Å². The molecule has 100 valence electrons. The average Bonchev–Trinajstić information content (AvgIpc) is 2.73. The Kier molecular flexibility index (Phi) is 3.65. The van der Waals surface area contributed by atoms with Gasteiger partial charge in [0.2, 0.25) is 0 Å². The zero-order chi connectivity index (χ0) is 13.3. The summed E-state index contributed by atoms with van der Waals surface area (Å²) in [6.45, 7) is 1.38. The SMILES string of the molecule is COc1nc(=O)c(C)cn1[C@H]1C[C@H](O)[C@@H](CO)O1. The largest absolute Gasteiger partial charge is 0.468 e. The highest BCUT2D eigenvalue weighted by Crippen LogP contribution is 2.30. The Balaban J connectivity index is 2.34. The molecule has 0 saturated carbocycles. The van der Waals surface area contributed by atoms with Gasteiger partial charge in [0.15, 0.2) is 0 Å². The van der Waals surface area contributed by atoms with E-state index in [1.165, 1.54) is 7.11 Å². The number of aliphatic hydroxyl groups is 2. The zero-order valence-corrected chi connectivity index (χ0v) is 10.2. The topological polar surface area (TPSA) is 93.8 Å². The Bertz CT molecular complexity index is 487. The van der Waals surface area contributed by atoms with E-state index in [9.17, 15) is 9.90 Å². The number of nitrogens with zero attached hydrogens (tertiary/aromatic N) is 2. The number of hydrogen-bond donors (Lipinski definition) is 2. The summed E-state index contributed by atoms with van der Waals surface area (Å²) >= 11 is 0. The van der Waals surface area contributed by atoms with Crippen molar-refractivity contribution in [3.8, 4) is 6.01 Å². The van der Waals surface area contributed by atoms with E-state index in [0.717, 1.165) is 0 Å². The van der Waals surface area contributed by atoms with Crippen LogP contribution in [0.2, 0.25) is 0 Å². The van der Waals surface area contributed by atoms with Gasteiger partial charge in [0, 0.05) is 18.2 Å². The third kappa shape index (κ3) is 2.24. The van der Waals surface area contributed by atoms with Crippen LogP contribution in [-0.2, 0) is 4.74 Å². The molecule has 1 aromatic rings. The summed E-state index contributed by atoms with van der Waals surface area (Å²) in [5, 5.41) is 18.7. The molecule has 2 heterocycles. The second-order valence-electron chi connectivity index (χ2n) is 4.24. The van der Waals surface area contributed by atoms with E-state index in [4.69, 9.17) is 14.6 Å². The first kappa shape index (κ1) is 13.0. The number of ether oxygens (including phenoxy) is 2. The van der Waals surface area contributed by atoms with Crippen molar-refractivity contribution < 1.29 is 19.7 Å². The van der Waals surface area contributed by atoms with Crippen molar-refractivity contribution in [3.63, 3.8) is 0 Å². The van der Waals surface area contributed by atoms with Crippen molar-refractivity contribution in [2.75, 3.05) is 13.7 Å². The van der Waals surface area contributed by atoms with Gasteiger partial charge in [0.05, 0.1) is 19.8 Å². The van der Waals surface area contributed by atoms with Crippen LogP contribution in [-0.4, -0.2) is 45.7 Å². The second kappa shape index (κ2) is 5.05. The van der Waals surface area contributed by atoms with Crippen molar-refractivity contribution in [1.29, 1.82) is 0 Å². The van der Waals surface area contributed by atoms with Crippen LogP contribution in [0.25, 0.3) is 0 Å². The van der Waals surface area contributed by atoms with E-state index in [0.29, 0.717) is 12.0 Å². The summed E-state index contributed by atoms with van der Waals surface area (Å²) in [6.07, 6.45) is 0.0134. The Morgan fingerprint density at radius 3 is 2.94 bits per heavy atom. The average molecular weight is 256 g/mol. The van der Waals surface area contributed by atoms with Crippen LogP contribution in [0.3, 0.4) is 0 Å². The van der Waals surface area contributed by atoms with E-state index in [1.807, 2.05) is 0 Å². The fourth-order valence-corrected chi connectivity index (χ4v) is 1.96. The van der Waals surface area contributed by atoms with Gasteiger partial charge in [-0.1, -0.05) is 0 Å². The summed E-state index contributed by atoms with van der Waals surface area (Å²) in [6, 6.07) is 0.126. The summed E-state index contributed by atoms with van der Waals surface area (Å²) in [5.41, 5.74) is 0.0988. The summed E-state index contributed by atoms with van der Waals surface area (Å²) in [7, 11) is 1.41. The number of hydrogen-bond acceptors (Lipinski definition) is 6. The van der Waals surface area contributed by atoms with Gasteiger partial charge in [0.1, 0.15) is 12.3 Å². The molecule has 0 unspecified atom stereocenters. The minimum atomic E-state index is -0.746. The minimum absolute atomic E-state index is 0.126. The van der Waals surface area contributed by atoms with Gasteiger partial charge in [-0.15, -0.1) is 0 Å². The maximum atomic E-state index is 11.4. The monoisotopic (exact) mass is 256 g/mol. The standard InChI is InChI=1S/C11H16N2O5/c1-6-4-13(11(17-2)12-10(6)16)9-3-7(15)8(5-14)18-9/h4,7-9,14-15H,3,5H2,1-2H3/t7-,8+,9+/m0/s1. The first-order valence-corrected chi connectivity index (χ1v) is 5.65. The van der Waals surface area contributed by atoms with Crippen LogP contribution in [0.4, 0.5) is 0 Å². The van der Waals surface area contributed by atoms with Crippen LogP contribution >= 0.6 is 0 Å². The number of rotatable bonds is 3. The smallest absolute Gasteiger partial charge is 0.301 e. The Morgan fingerprint density at radius 1 is 1.67 bits per heavy atom. The lowest BCUT2D eigenvalue weighted by molar-refractivity contribution is -0.0470. The molecular formula is C11H16N2O5. The molecule has 0 aliphatic carbocycles. The van der Waals surface area contributed by atoms with Crippen LogP contribution in [0.15, 0.2) is 11.0 Å². The van der Waals surface area contributed by atoms with E-state index >= 15 is 0 Å². The lowest BCUT2D eigenvalue weighted by Crippen LogP contribution is -2.24. The zero-order valence-electron chi connectivity index (χ0n) is 10.2. The van der Waals surface area contributed by atoms with E-state index in [2.05, 4.69) is 4.98 Å². The van der Waals surface area contributed by atoms with Gasteiger partial charge in [-0.2, -0.15) is 4.98 Å². The van der Waals surface area contributed by atoms with Gasteiger partial charge in [0.25, 0.3) is 5.56 Å². The molecule has 2 N–H and O–H groups in total. The highest BCUT2D eigenvalue weighted by molar-refractivity contribution is 5.09. The third-order valence-electron chi connectivity index (χ3n) is 2.97. The Morgan fingerprint density at radius 2 is 2.39 bits per heavy atom. The highest BCUT2D eigenvalue weighted by Gasteiger charge is 2.35. The van der Waals surface area contributed by atoms with E-state index < -0.39 is 18.4 Å². The first-order valence-electron chi connectivity index (χ1n) is 5.65. The fourth-order valence-electron chi connectivity index (χ4n) is 1.96. The molecule has 0 spiro atoms. The second-order valence-corrected chi connectivity index (χ2v) is 4.24. The van der Waals surface area contributed by atoms with Crippen LogP contribution in [0.5, 0.6) is 6.01 Å². The van der Waals surface area contributed by atoms with Crippen LogP contribution in [0, 0.1) is 6.92 Å². The van der Waals surface area contributed by atoms with Crippen LogP contribution in [0.1, 0.15) is 18.2 Å². The molecule has 0 bridgehead atoms. The molecule has 1 aliphatic rings. The summed E-state index contributed by atoms with van der Waals surface area (Å²) < 4.78 is 12.1. The fraction of sp³-hybridized carbons (Fsp3) is 0.636.